The topological polar surface area (TPSA) is 122 Å². The molecule has 2 aromatic carbocycles. The van der Waals surface area contributed by atoms with Crippen molar-refractivity contribution < 1.29 is 9.59 Å². The van der Waals surface area contributed by atoms with Crippen LogP contribution < -0.4 is 21.7 Å². The Bertz CT molecular complexity index is 1230. The highest BCUT2D eigenvalue weighted by molar-refractivity contribution is 6.36. The average molecular weight is 471 g/mol. The van der Waals surface area contributed by atoms with E-state index >= 15 is 0 Å². The minimum absolute atomic E-state index is 0.0394. The van der Waals surface area contributed by atoms with Crippen LogP contribution in [0.25, 0.3) is 0 Å². The van der Waals surface area contributed by atoms with Crippen molar-refractivity contribution in [2.24, 2.45) is 5.73 Å². The van der Waals surface area contributed by atoms with Crippen LogP contribution in [0.2, 0.25) is 10.0 Å². The second kappa shape index (κ2) is 9.02. The van der Waals surface area contributed by atoms with Gasteiger partial charge in [0.25, 0.3) is 5.91 Å². The maximum Gasteiger partial charge on any atom is 0.250 e. The molecule has 1 aliphatic rings. The molecule has 32 heavy (non-hydrogen) atoms. The zero-order chi connectivity index (χ0) is 22.8. The summed E-state index contributed by atoms with van der Waals surface area (Å²) >= 11 is 12.7. The van der Waals surface area contributed by atoms with Gasteiger partial charge >= 0.3 is 0 Å². The van der Waals surface area contributed by atoms with Crippen LogP contribution in [0.15, 0.2) is 36.5 Å². The number of amides is 2. The van der Waals surface area contributed by atoms with Gasteiger partial charge in [0.1, 0.15) is 5.02 Å². The second-order valence-electron chi connectivity index (χ2n) is 7.38. The number of anilines is 4. The summed E-state index contributed by atoms with van der Waals surface area (Å²) < 4.78 is 0. The van der Waals surface area contributed by atoms with Gasteiger partial charge in [-0.05, 0) is 48.2 Å². The fourth-order valence-electron chi connectivity index (χ4n) is 3.41. The monoisotopic (exact) mass is 470 g/mol. The molecule has 1 aliphatic heterocycles. The van der Waals surface area contributed by atoms with Crippen molar-refractivity contribution in [3.8, 4) is 0 Å². The van der Waals surface area contributed by atoms with Crippen molar-refractivity contribution in [3.63, 3.8) is 0 Å². The molecule has 0 spiro atoms. The maximum absolute atomic E-state index is 11.9. The molecule has 0 unspecified atom stereocenters. The standard InChI is InChI=1S/C22H20Cl2N6O2/c1-11-2-6-15(20(25)32)19(18(11)24)29-21-16(23)10-27-22(30-21)28-14-5-3-12-4-7-17(31)26-9-13(12)8-14/h2-3,5-6,8,10H,4,7,9H2,1H3,(H2,25,32)(H,26,31)(H2,27,28,29,30). The molecular formula is C22H20Cl2N6O2. The number of fused-ring (bicyclic) bond motifs is 1. The summed E-state index contributed by atoms with van der Waals surface area (Å²) in [7, 11) is 0. The molecule has 0 saturated heterocycles. The Morgan fingerprint density at radius 2 is 1.94 bits per heavy atom. The van der Waals surface area contributed by atoms with Crippen molar-refractivity contribution in [3.05, 3.63) is 68.8 Å². The molecule has 0 bridgehead atoms. The number of carbonyl (C=O) groups excluding carboxylic acids is 2. The lowest BCUT2D eigenvalue weighted by Gasteiger charge is -2.15. The fourth-order valence-corrected chi connectivity index (χ4v) is 3.76. The second-order valence-corrected chi connectivity index (χ2v) is 8.17. The van der Waals surface area contributed by atoms with E-state index in [9.17, 15) is 9.59 Å². The predicted molar refractivity (Wildman–Crippen MR) is 125 cm³/mol. The normalized spacial score (nSPS) is 13.0. The average Bonchev–Trinajstić information content (AvgIpc) is 2.95. The number of aromatic nitrogens is 2. The Morgan fingerprint density at radius 3 is 2.72 bits per heavy atom. The molecule has 1 aromatic heterocycles. The number of nitrogens with zero attached hydrogens (tertiary/aromatic N) is 2. The number of hydrogen-bond acceptors (Lipinski definition) is 6. The molecule has 4 rings (SSSR count). The lowest BCUT2D eigenvalue weighted by molar-refractivity contribution is -0.121. The first-order valence-corrected chi connectivity index (χ1v) is 10.6. The first-order chi connectivity index (χ1) is 15.3. The lowest BCUT2D eigenvalue weighted by Crippen LogP contribution is -2.20. The number of carbonyl (C=O) groups is 2. The Hall–Kier alpha value is -3.36. The van der Waals surface area contributed by atoms with E-state index in [1.165, 1.54) is 6.20 Å². The van der Waals surface area contributed by atoms with Gasteiger partial charge in [-0.25, -0.2) is 4.98 Å². The number of primary amides is 1. The highest BCUT2D eigenvalue weighted by atomic mass is 35.5. The molecule has 10 heteroatoms. The maximum atomic E-state index is 11.9. The van der Waals surface area contributed by atoms with Gasteiger partial charge in [-0.3, -0.25) is 9.59 Å². The van der Waals surface area contributed by atoms with E-state index in [1.807, 2.05) is 25.1 Å². The molecule has 0 atom stereocenters. The van der Waals surface area contributed by atoms with E-state index in [1.54, 1.807) is 12.1 Å². The number of halogens is 2. The molecule has 164 valence electrons. The molecular weight excluding hydrogens is 451 g/mol. The van der Waals surface area contributed by atoms with Crippen molar-refractivity contribution >= 4 is 58.2 Å². The highest BCUT2D eigenvalue weighted by Crippen LogP contribution is 2.34. The van der Waals surface area contributed by atoms with Crippen molar-refractivity contribution in [2.75, 3.05) is 10.6 Å². The van der Waals surface area contributed by atoms with Crippen LogP contribution in [-0.4, -0.2) is 21.8 Å². The van der Waals surface area contributed by atoms with Crippen molar-refractivity contribution in [1.29, 1.82) is 0 Å². The first kappa shape index (κ1) is 21.9. The van der Waals surface area contributed by atoms with Crippen LogP contribution >= 0.6 is 23.2 Å². The van der Waals surface area contributed by atoms with Gasteiger partial charge in [0.15, 0.2) is 5.82 Å². The third-order valence-corrected chi connectivity index (χ3v) is 5.91. The molecule has 0 fully saturated rings. The number of rotatable bonds is 5. The van der Waals surface area contributed by atoms with E-state index in [0.29, 0.717) is 36.0 Å². The van der Waals surface area contributed by atoms with Crippen LogP contribution in [0.4, 0.5) is 23.1 Å². The molecule has 2 amide bonds. The van der Waals surface area contributed by atoms with Gasteiger partial charge in [-0.2, -0.15) is 4.98 Å². The minimum atomic E-state index is -0.630. The van der Waals surface area contributed by atoms with E-state index in [4.69, 9.17) is 28.9 Å². The van der Waals surface area contributed by atoms with Gasteiger partial charge in [0.2, 0.25) is 11.9 Å². The molecule has 5 N–H and O–H groups in total. The summed E-state index contributed by atoms with van der Waals surface area (Å²) in [6.07, 6.45) is 2.62. The summed E-state index contributed by atoms with van der Waals surface area (Å²) in [6.45, 7) is 2.29. The van der Waals surface area contributed by atoms with E-state index < -0.39 is 5.91 Å². The Kier molecular flexibility index (Phi) is 6.16. The number of aryl methyl sites for hydroxylation is 2. The van der Waals surface area contributed by atoms with E-state index in [2.05, 4.69) is 25.9 Å². The van der Waals surface area contributed by atoms with Gasteiger partial charge in [-0.1, -0.05) is 35.3 Å². The molecule has 0 aliphatic carbocycles. The minimum Gasteiger partial charge on any atom is -0.366 e. The van der Waals surface area contributed by atoms with Crippen LogP contribution in [0.3, 0.4) is 0 Å². The SMILES string of the molecule is Cc1ccc(C(N)=O)c(Nc2nc(Nc3ccc4c(c3)CNC(=O)CC4)ncc2Cl)c1Cl. The van der Waals surface area contributed by atoms with Crippen LogP contribution in [0.5, 0.6) is 0 Å². The van der Waals surface area contributed by atoms with Crippen LogP contribution in [0, 0.1) is 6.92 Å². The Balaban J connectivity index is 1.62. The largest absolute Gasteiger partial charge is 0.366 e. The summed E-state index contributed by atoms with van der Waals surface area (Å²) in [6, 6.07) is 9.15. The highest BCUT2D eigenvalue weighted by Gasteiger charge is 2.17. The summed E-state index contributed by atoms with van der Waals surface area (Å²) in [5, 5.41) is 9.63. The molecule has 2 heterocycles. The number of nitrogens with one attached hydrogen (secondary N) is 3. The smallest absolute Gasteiger partial charge is 0.250 e. The van der Waals surface area contributed by atoms with E-state index in [0.717, 1.165) is 22.4 Å². The lowest BCUT2D eigenvalue weighted by atomic mass is 10.0. The fraction of sp³-hybridized carbons (Fsp3) is 0.182. The summed E-state index contributed by atoms with van der Waals surface area (Å²) in [4.78, 5) is 32.2. The van der Waals surface area contributed by atoms with Crippen LogP contribution in [0.1, 0.15) is 33.5 Å². The van der Waals surface area contributed by atoms with Crippen molar-refractivity contribution in [1.82, 2.24) is 15.3 Å². The van der Waals surface area contributed by atoms with Gasteiger partial charge in [0.05, 0.1) is 22.5 Å². The van der Waals surface area contributed by atoms with Gasteiger partial charge < -0.3 is 21.7 Å². The van der Waals surface area contributed by atoms with Crippen LogP contribution in [-0.2, 0) is 17.8 Å². The Labute approximate surface area is 194 Å². The summed E-state index contributed by atoms with van der Waals surface area (Å²) in [5.74, 6) is -0.0345. The first-order valence-electron chi connectivity index (χ1n) is 9.86. The quantitative estimate of drug-likeness (QED) is 0.442. The molecule has 8 nitrogen and oxygen atoms in total. The van der Waals surface area contributed by atoms with Gasteiger partial charge in [-0.15, -0.1) is 0 Å². The molecule has 0 radical (unpaired) electrons. The zero-order valence-corrected chi connectivity index (χ0v) is 18.6. The molecule has 0 saturated carbocycles. The number of nitrogens with two attached hydrogens (primary N) is 1. The number of benzene rings is 2. The zero-order valence-electron chi connectivity index (χ0n) is 17.1. The van der Waals surface area contributed by atoms with E-state index in [-0.39, 0.29) is 22.3 Å². The molecule has 3 aromatic rings. The summed E-state index contributed by atoms with van der Waals surface area (Å²) in [5.41, 5.74) is 9.72. The third kappa shape index (κ3) is 4.61. The number of hydrogen-bond donors (Lipinski definition) is 4. The van der Waals surface area contributed by atoms with Crippen molar-refractivity contribution in [2.45, 2.75) is 26.3 Å². The Morgan fingerprint density at radius 1 is 1.12 bits per heavy atom. The third-order valence-electron chi connectivity index (χ3n) is 5.15. The predicted octanol–water partition coefficient (Wildman–Crippen LogP) is 4.24. The van der Waals surface area contributed by atoms with Gasteiger partial charge in [0, 0.05) is 18.7 Å².